The van der Waals surface area contributed by atoms with Crippen LogP contribution in [0.2, 0.25) is 0 Å². The molecule has 1 aromatic rings. The van der Waals surface area contributed by atoms with Crippen molar-refractivity contribution in [3.05, 3.63) is 24.0 Å². The lowest BCUT2D eigenvalue weighted by Gasteiger charge is -2.31. The molecule has 7 heteroatoms. The first-order chi connectivity index (χ1) is 10.8. The van der Waals surface area contributed by atoms with Gasteiger partial charge in [0.05, 0.1) is 12.6 Å². The fourth-order valence-electron chi connectivity index (χ4n) is 3.93. The number of hydrogen-bond acceptors (Lipinski definition) is 6. The van der Waals surface area contributed by atoms with Gasteiger partial charge in [-0.25, -0.2) is 0 Å². The second kappa shape index (κ2) is 5.02. The molecule has 3 aliphatic heterocycles. The number of rotatable bonds is 2. The SMILES string of the molecule is CC1(C)OCC([C@H]2[C@@H]3OC(C)(C)O[C@@H]3[C@H](c3ccc[nH]3)N2O)O1. The highest BCUT2D eigenvalue weighted by molar-refractivity contribution is 5.18. The molecular weight excluding hydrogens is 300 g/mol. The Morgan fingerprint density at radius 3 is 2.48 bits per heavy atom. The molecule has 0 aromatic carbocycles. The van der Waals surface area contributed by atoms with E-state index in [1.165, 1.54) is 5.06 Å². The number of hydrogen-bond donors (Lipinski definition) is 2. The third-order valence-corrected chi connectivity index (χ3v) is 4.75. The van der Waals surface area contributed by atoms with Crippen LogP contribution >= 0.6 is 0 Å². The fraction of sp³-hybridized carbons (Fsp3) is 0.750. The van der Waals surface area contributed by atoms with Gasteiger partial charge in [0.1, 0.15) is 24.4 Å². The van der Waals surface area contributed by atoms with Crippen molar-refractivity contribution in [3.8, 4) is 0 Å². The van der Waals surface area contributed by atoms with Gasteiger partial charge in [-0.05, 0) is 39.8 Å². The van der Waals surface area contributed by atoms with E-state index in [0.717, 1.165) is 5.69 Å². The van der Waals surface area contributed by atoms with E-state index in [4.69, 9.17) is 18.9 Å². The molecule has 4 rings (SSSR count). The highest BCUT2D eigenvalue weighted by Crippen LogP contribution is 2.48. The van der Waals surface area contributed by atoms with Crippen molar-refractivity contribution in [1.29, 1.82) is 0 Å². The smallest absolute Gasteiger partial charge is 0.163 e. The molecule has 5 atom stereocenters. The maximum Gasteiger partial charge on any atom is 0.163 e. The van der Waals surface area contributed by atoms with Gasteiger partial charge in [-0.2, -0.15) is 5.06 Å². The molecule has 23 heavy (non-hydrogen) atoms. The highest BCUT2D eigenvalue weighted by Gasteiger charge is 2.62. The zero-order valence-electron chi connectivity index (χ0n) is 13.9. The van der Waals surface area contributed by atoms with Crippen LogP contribution < -0.4 is 0 Å². The molecule has 4 heterocycles. The summed E-state index contributed by atoms with van der Waals surface area (Å²) in [5.41, 5.74) is 0.893. The maximum atomic E-state index is 10.8. The summed E-state index contributed by atoms with van der Waals surface area (Å²) in [6.07, 6.45) is 1.00. The molecule has 3 saturated heterocycles. The van der Waals surface area contributed by atoms with Crippen LogP contribution in [-0.2, 0) is 18.9 Å². The van der Waals surface area contributed by atoms with E-state index in [1.54, 1.807) is 0 Å². The van der Waals surface area contributed by atoms with Crippen LogP contribution in [-0.4, -0.2) is 57.8 Å². The number of hydroxylamine groups is 2. The van der Waals surface area contributed by atoms with Crippen molar-refractivity contribution in [1.82, 2.24) is 10.0 Å². The topological polar surface area (TPSA) is 76.2 Å². The van der Waals surface area contributed by atoms with E-state index >= 15 is 0 Å². The first kappa shape index (κ1) is 15.6. The Kier molecular flexibility index (Phi) is 3.39. The molecule has 0 spiro atoms. The molecule has 1 unspecified atom stereocenters. The number of nitrogens with one attached hydrogen (secondary N) is 1. The van der Waals surface area contributed by atoms with Crippen molar-refractivity contribution in [2.75, 3.05) is 6.61 Å². The minimum absolute atomic E-state index is 0.272. The van der Waals surface area contributed by atoms with Gasteiger partial charge >= 0.3 is 0 Å². The van der Waals surface area contributed by atoms with Crippen molar-refractivity contribution in [2.45, 2.75) is 69.7 Å². The minimum Gasteiger partial charge on any atom is -0.364 e. The first-order valence-electron chi connectivity index (χ1n) is 8.05. The van der Waals surface area contributed by atoms with Crippen molar-refractivity contribution < 1.29 is 24.2 Å². The van der Waals surface area contributed by atoms with Crippen LogP contribution in [0.3, 0.4) is 0 Å². The van der Waals surface area contributed by atoms with Gasteiger partial charge in [-0.15, -0.1) is 0 Å². The van der Waals surface area contributed by atoms with Gasteiger partial charge in [0.25, 0.3) is 0 Å². The van der Waals surface area contributed by atoms with E-state index in [-0.39, 0.29) is 30.4 Å². The van der Waals surface area contributed by atoms with E-state index in [0.29, 0.717) is 6.61 Å². The van der Waals surface area contributed by atoms with Crippen molar-refractivity contribution in [3.63, 3.8) is 0 Å². The lowest BCUT2D eigenvalue weighted by molar-refractivity contribution is -0.236. The Balaban J connectivity index is 1.66. The summed E-state index contributed by atoms with van der Waals surface area (Å²) in [7, 11) is 0. The molecule has 0 radical (unpaired) electrons. The molecule has 0 aliphatic carbocycles. The summed E-state index contributed by atoms with van der Waals surface area (Å²) in [4.78, 5) is 3.17. The molecule has 3 fully saturated rings. The molecule has 2 N–H and O–H groups in total. The second-order valence-corrected chi connectivity index (χ2v) is 7.37. The van der Waals surface area contributed by atoms with Gasteiger partial charge in [0.15, 0.2) is 11.6 Å². The van der Waals surface area contributed by atoms with E-state index in [2.05, 4.69) is 4.98 Å². The third kappa shape index (κ3) is 2.52. The Hall–Kier alpha value is -0.960. The quantitative estimate of drug-likeness (QED) is 0.864. The van der Waals surface area contributed by atoms with Crippen LogP contribution in [0.5, 0.6) is 0 Å². The number of nitrogens with zero attached hydrogens (tertiary/aromatic N) is 1. The van der Waals surface area contributed by atoms with Crippen molar-refractivity contribution in [2.24, 2.45) is 0 Å². The number of aromatic amines is 1. The van der Waals surface area contributed by atoms with Gasteiger partial charge in [-0.3, -0.25) is 0 Å². The number of ether oxygens (including phenoxy) is 4. The lowest BCUT2D eigenvalue weighted by Crippen LogP contribution is -2.47. The van der Waals surface area contributed by atoms with Crippen LogP contribution in [0.4, 0.5) is 0 Å². The Bertz CT molecular complexity index is 573. The first-order valence-corrected chi connectivity index (χ1v) is 8.05. The Labute approximate surface area is 135 Å². The van der Waals surface area contributed by atoms with Gasteiger partial charge < -0.3 is 29.1 Å². The predicted molar refractivity (Wildman–Crippen MR) is 79.7 cm³/mol. The average molecular weight is 324 g/mol. The second-order valence-electron chi connectivity index (χ2n) is 7.37. The normalized spacial score (nSPS) is 42.2. The van der Waals surface area contributed by atoms with E-state index in [1.807, 2.05) is 46.0 Å². The lowest BCUT2D eigenvalue weighted by atomic mass is 10.0. The molecule has 1 aromatic heterocycles. The van der Waals surface area contributed by atoms with Crippen LogP contribution in [0, 0.1) is 0 Å². The molecule has 0 bridgehead atoms. The Morgan fingerprint density at radius 2 is 1.87 bits per heavy atom. The minimum atomic E-state index is -0.686. The summed E-state index contributed by atoms with van der Waals surface area (Å²) in [6.45, 7) is 7.95. The summed E-state index contributed by atoms with van der Waals surface area (Å²) in [5.74, 6) is -1.34. The summed E-state index contributed by atoms with van der Waals surface area (Å²) >= 11 is 0. The molecular formula is C16H24N2O5. The summed E-state index contributed by atoms with van der Waals surface area (Å²) in [5, 5.41) is 12.2. The maximum absolute atomic E-state index is 10.8. The van der Waals surface area contributed by atoms with Crippen LogP contribution in [0.15, 0.2) is 18.3 Å². The molecule has 0 saturated carbocycles. The van der Waals surface area contributed by atoms with Crippen LogP contribution in [0.1, 0.15) is 39.4 Å². The largest absolute Gasteiger partial charge is 0.364 e. The zero-order valence-corrected chi connectivity index (χ0v) is 13.9. The van der Waals surface area contributed by atoms with Gasteiger partial charge in [-0.1, -0.05) is 0 Å². The Morgan fingerprint density at radius 1 is 1.13 bits per heavy atom. The number of aromatic nitrogens is 1. The zero-order chi connectivity index (χ0) is 16.4. The molecule has 128 valence electrons. The third-order valence-electron chi connectivity index (χ3n) is 4.75. The fourth-order valence-corrected chi connectivity index (χ4v) is 3.93. The van der Waals surface area contributed by atoms with E-state index in [9.17, 15) is 5.21 Å². The van der Waals surface area contributed by atoms with Crippen LogP contribution in [0.25, 0.3) is 0 Å². The van der Waals surface area contributed by atoms with Crippen molar-refractivity contribution >= 4 is 0 Å². The number of fused-ring (bicyclic) bond motifs is 1. The monoisotopic (exact) mass is 324 g/mol. The molecule has 3 aliphatic rings. The highest BCUT2D eigenvalue weighted by atomic mass is 16.8. The summed E-state index contributed by atoms with van der Waals surface area (Å²) < 4.78 is 23.8. The predicted octanol–water partition coefficient (Wildman–Crippen LogP) is 1.80. The number of H-pyrrole nitrogens is 1. The van der Waals surface area contributed by atoms with Gasteiger partial charge in [0.2, 0.25) is 0 Å². The van der Waals surface area contributed by atoms with Gasteiger partial charge in [0, 0.05) is 11.9 Å². The molecule has 0 amide bonds. The average Bonchev–Trinajstić information content (AvgIpc) is 3.15. The molecule has 7 nitrogen and oxygen atoms in total. The van der Waals surface area contributed by atoms with E-state index < -0.39 is 11.6 Å². The standard InChI is InChI=1S/C16H24N2O5/c1-15(2)20-8-10(21-15)12-14-13(22-16(3,4)23-14)11(18(12)19)9-6-5-7-17-9/h5-7,10-14,17,19H,8H2,1-4H3/t10?,11-,12-,13+,14-/m0/s1. The summed E-state index contributed by atoms with van der Waals surface area (Å²) in [6, 6.07) is 3.17.